The van der Waals surface area contributed by atoms with E-state index in [1.54, 1.807) is 0 Å². The Bertz CT molecular complexity index is 1020. The van der Waals surface area contributed by atoms with Crippen molar-refractivity contribution in [2.45, 2.75) is 6.42 Å². The molecule has 1 saturated heterocycles. The average Bonchev–Trinajstić information content (AvgIpc) is 3.23. The molecule has 2 heterocycles. The molecular weight excluding hydrogens is 388 g/mol. The molecule has 1 fully saturated rings. The Hall–Kier alpha value is -3.54. The van der Waals surface area contributed by atoms with Crippen LogP contribution < -0.4 is 4.90 Å². The van der Waals surface area contributed by atoms with Gasteiger partial charge in [0.1, 0.15) is 0 Å². The fourth-order valence-corrected chi connectivity index (χ4v) is 3.87. The highest BCUT2D eigenvalue weighted by atomic mass is 16.2. The zero-order chi connectivity index (χ0) is 21.8. The molecule has 4 rings (SSSR count). The van der Waals surface area contributed by atoms with Crippen LogP contribution in [0.25, 0.3) is 5.69 Å². The van der Waals surface area contributed by atoms with Crippen LogP contribution in [0.3, 0.4) is 0 Å². The van der Waals surface area contributed by atoms with E-state index in [1.165, 1.54) is 0 Å². The quantitative estimate of drug-likeness (QED) is 0.654. The Balaban J connectivity index is 1.39. The number of benzene rings is 2. The molecule has 0 aliphatic carbocycles. The van der Waals surface area contributed by atoms with Crippen molar-refractivity contribution >= 4 is 17.5 Å². The third-order valence-corrected chi connectivity index (χ3v) is 5.72. The summed E-state index contributed by atoms with van der Waals surface area (Å²) >= 11 is 0. The third kappa shape index (κ3) is 4.63. The lowest BCUT2D eigenvalue weighted by Crippen LogP contribution is -2.37. The number of hydrogen-bond donors (Lipinski definition) is 0. The fourth-order valence-electron chi connectivity index (χ4n) is 3.87. The Morgan fingerprint density at radius 2 is 1.19 bits per heavy atom. The highest BCUT2D eigenvalue weighted by Crippen LogP contribution is 2.17. The lowest BCUT2D eigenvalue weighted by atomic mass is 10.1. The van der Waals surface area contributed by atoms with Gasteiger partial charge in [0.25, 0.3) is 11.8 Å². The van der Waals surface area contributed by atoms with Crippen molar-refractivity contribution in [1.82, 2.24) is 14.4 Å². The minimum absolute atomic E-state index is 0.0173. The standard InChI is InChI=1S/C25H28N4O2/c1-26(2)22-10-6-20(7-11-22)24(30)28-16-5-17-29(19-18-28)25(31)21-8-12-23(13-9-21)27-14-3-4-15-27/h3-4,6-15H,5,16-19H2,1-2H3. The molecule has 0 saturated carbocycles. The van der Waals surface area contributed by atoms with Crippen LogP contribution in [0.5, 0.6) is 0 Å². The van der Waals surface area contributed by atoms with Crippen molar-refractivity contribution in [2.24, 2.45) is 0 Å². The normalized spacial score (nSPS) is 14.3. The monoisotopic (exact) mass is 416 g/mol. The molecule has 3 aromatic rings. The Morgan fingerprint density at radius 1 is 0.710 bits per heavy atom. The maximum atomic E-state index is 13.0. The second-order valence-electron chi connectivity index (χ2n) is 8.02. The molecule has 6 nitrogen and oxygen atoms in total. The molecule has 1 aromatic heterocycles. The number of carbonyl (C=O) groups is 2. The second kappa shape index (κ2) is 9.08. The Labute approximate surface area is 183 Å². The first-order chi connectivity index (χ1) is 15.0. The van der Waals surface area contributed by atoms with Crippen molar-refractivity contribution < 1.29 is 9.59 Å². The molecule has 0 spiro atoms. The first kappa shape index (κ1) is 20.7. The van der Waals surface area contributed by atoms with Crippen LogP contribution in [0.2, 0.25) is 0 Å². The number of nitrogens with zero attached hydrogens (tertiary/aromatic N) is 4. The number of anilines is 1. The van der Waals surface area contributed by atoms with Crippen molar-refractivity contribution in [3.8, 4) is 5.69 Å². The van der Waals surface area contributed by atoms with E-state index in [2.05, 4.69) is 0 Å². The van der Waals surface area contributed by atoms with Crippen LogP contribution in [0.15, 0.2) is 73.1 Å². The van der Waals surface area contributed by atoms with E-state index in [1.807, 2.05) is 106 Å². The van der Waals surface area contributed by atoms with Gasteiger partial charge in [0.05, 0.1) is 0 Å². The summed E-state index contributed by atoms with van der Waals surface area (Å²) in [6.45, 7) is 2.40. The van der Waals surface area contributed by atoms with E-state index in [9.17, 15) is 9.59 Å². The summed E-state index contributed by atoms with van der Waals surface area (Å²) in [7, 11) is 3.95. The molecule has 2 amide bonds. The van der Waals surface area contributed by atoms with Gasteiger partial charge in [0.2, 0.25) is 0 Å². The highest BCUT2D eigenvalue weighted by Gasteiger charge is 2.23. The van der Waals surface area contributed by atoms with Gasteiger partial charge in [-0.3, -0.25) is 9.59 Å². The summed E-state index contributed by atoms with van der Waals surface area (Å²) in [5.41, 5.74) is 3.45. The maximum absolute atomic E-state index is 13.0. The van der Waals surface area contributed by atoms with Crippen LogP contribution >= 0.6 is 0 Å². The summed E-state index contributed by atoms with van der Waals surface area (Å²) < 4.78 is 2.01. The predicted molar refractivity (Wildman–Crippen MR) is 123 cm³/mol. The van der Waals surface area contributed by atoms with E-state index in [0.29, 0.717) is 37.3 Å². The maximum Gasteiger partial charge on any atom is 0.253 e. The van der Waals surface area contributed by atoms with Crippen LogP contribution in [-0.4, -0.2) is 66.5 Å². The molecule has 160 valence electrons. The molecule has 0 N–H and O–H groups in total. The summed E-state index contributed by atoms with van der Waals surface area (Å²) in [5.74, 6) is 0.0411. The lowest BCUT2D eigenvalue weighted by Gasteiger charge is -2.23. The Kier molecular flexibility index (Phi) is 6.07. The molecule has 0 radical (unpaired) electrons. The van der Waals surface area contributed by atoms with Crippen LogP contribution in [0.1, 0.15) is 27.1 Å². The van der Waals surface area contributed by atoms with Crippen molar-refractivity contribution in [3.05, 3.63) is 84.2 Å². The second-order valence-corrected chi connectivity index (χ2v) is 8.02. The van der Waals surface area contributed by atoms with Gasteiger partial charge in [-0.05, 0) is 67.1 Å². The smallest absolute Gasteiger partial charge is 0.253 e. The number of carbonyl (C=O) groups excluding carboxylic acids is 2. The van der Waals surface area contributed by atoms with Crippen molar-refractivity contribution in [3.63, 3.8) is 0 Å². The predicted octanol–water partition coefficient (Wildman–Crippen LogP) is 3.53. The minimum atomic E-state index is 0.0173. The Morgan fingerprint density at radius 3 is 1.68 bits per heavy atom. The molecule has 1 aliphatic heterocycles. The largest absolute Gasteiger partial charge is 0.378 e. The van der Waals surface area contributed by atoms with E-state index < -0.39 is 0 Å². The zero-order valence-corrected chi connectivity index (χ0v) is 18.1. The number of aromatic nitrogens is 1. The van der Waals surface area contributed by atoms with Gasteiger partial charge in [0.15, 0.2) is 0 Å². The topological polar surface area (TPSA) is 48.8 Å². The molecule has 6 heteroatoms. The van der Waals surface area contributed by atoms with Crippen molar-refractivity contribution in [2.75, 3.05) is 45.2 Å². The molecular formula is C25H28N4O2. The molecule has 31 heavy (non-hydrogen) atoms. The van der Waals surface area contributed by atoms with Crippen LogP contribution in [0.4, 0.5) is 5.69 Å². The van der Waals surface area contributed by atoms with Gasteiger partial charge >= 0.3 is 0 Å². The highest BCUT2D eigenvalue weighted by molar-refractivity contribution is 5.95. The van der Waals surface area contributed by atoms with Gasteiger partial charge in [0, 0.05) is 75.2 Å². The van der Waals surface area contributed by atoms with Crippen LogP contribution in [-0.2, 0) is 0 Å². The average molecular weight is 417 g/mol. The first-order valence-electron chi connectivity index (χ1n) is 10.6. The van der Waals surface area contributed by atoms with E-state index in [-0.39, 0.29) is 11.8 Å². The van der Waals surface area contributed by atoms with Crippen molar-refractivity contribution in [1.29, 1.82) is 0 Å². The third-order valence-electron chi connectivity index (χ3n) is 5.72. The van der Waals surface area contributed by atoms with Gasteiger partial charge in [-0.25, -0.2) is 0 Å². The van der Waals surface area contributed by atoms with Gasteiger partial charge in [-0.1, -0.05) is 0 Å². The number of amides is 2. The minimum Gasteiger partial charge on any atom is -0.378 e. The van der Waals surface area contributed by atoms with Gasteiger partial charge in [-0.15, -0.1) is 0 Å². The number of hydrogen-bond acceptors (Lipinski definition) is 3. The summed E-state index contributed by atoms with van der Waals surface area (Å²) in [6.07, 6.45) is 4.73. The molecule has 2 aromatic carbocycles. The van der Waals surface area contributed by atoms with Gasteiger partial charge in [-0.2, -0.15) is 0 Å². The molecule has 0 unspecified atom stereocenters. The van der Waals surface area contributed by atoms with E-state index in [4.69, 9.17) is 0 Å². The van der Waals surface area contributed by atoms with Gasteiger partial charge < -0.3 is 19.3 Å². The molecule has 0 bridgehead atoms. The zero-order valence-electron chi connectivity index (χ0n) is 18.1. The first-order valence-corrected chi connectivity index (χ1v) is 10.6. The fraction of sp³-hybridized carbons (Fsp3) is 0.280. The summed E-state index contributed by atoms with van der Waals surface area (Å²) in [6, 6.07) is 19.3. The summed E-state index contributed by atoms with van der Waals surface area (Å²) in [5, 5.41) is 0. The number of rotatable bonds is 4. The lowest BCUT2D eigenvalue weighted by molar-refractivity contribution is 0.0719. The van der Waals surface area contributed by atoms with E-state index >= 15 is 0 Å². The summed E-state index contributed by atoms with van der Waals surface area (Å²) in [4.78, 5) is 31.7. The van der Waals surface area contributed by atoms with E-state index in [0.717, 1.165) is 17.8 Å². The molecule has 0 atom stereocenters. The van der Waals surface area contributed by atoms with Crippen LogP contribution in [0, 0.1) is 0 Å². The molecule has 1 aliphatic rings. The SMILES string of the molecule is CN(C)c1ccc(C(=O)N2CCCN(C(=O)c3ccc(-n4cccc4)cc3)CC2)cc1.